The van der Waals surface area contributed by atoms with Crippen molar-refractivity contribution in [2.45, 2.75) is 6.42 Å². The van der Waals surface area contributed by atoms with Crippen LogP contribution >= 0.6 is 11.3 Å². The number of hydrogen-bond donors (Lipinski definition) is 3. The quantitative estimate of drug-likeness (QED) is 0.158. The number of piperazine rings is 1. The van der Waals surface area contributed by atoms with Crippen LogP contribution in [0, 0.1) is 0 Å². The lowest BCUT2D eigenvalue weighted by Crippen LogP contribution is -2.44. The van der Waals surface area contributed by atoms with Gasteiger partial charge in [0.15, 0.2) is 16.6 Å². The molecule has 3 N–H and O–H groups in total. The van der Waals surface area contributed by atoms with Crippen LogP contribution in [0.25, 0.3) is 21.1 Å². The van der Waals surface area contributed by atoms with E-state index >= 15 is 0 Å². The minimum Gasteiger partial charge on any atom is -0.497 e. The number of benzene rings is 3. The van der Waals surface area contributed by atoms with Gasteiger partial charge < -0.3 is 34.6 Å². The van der Waals surface area contributed by atoms with Crippen molar-refractivity contribution in [2.75, 3.05) is 76.5 Å². The number of anilines is 4. The average Bonchev–Trinajstić information content (AvgIpc) is 3.45. The van der Waals surface area contributed by atoms with Crippen LogP contribution < -0.4 is 30.2 Å². The lowest BCUT2D eigenvalue weighted by Gasteiger charge is -2.32. The van der Waals surface area contributed by atoms with E-state index in [4.69, 9.17) is 14.2 Å². The fourth-order valence-corrected chi connectivity index (χ4v) is 6.00. The van der Waals surface area contributed by atoms with Crippen molar-refractivity contribution in [1.29, 1.82) is 0 Å². The number of fused-ring (bicyclic) bond motifs is 2. The first-order valence-corrected chi connectivity index (χ1v) is 15.5. The third kappa shape index (κ3) is 7.51. The summed E-state index contributed by atoms with van der Waals surface area (Å²) in [4.78, 5) is 30.9. The Kier molecular flexibility index (Phi) is 9.38. The smallest absolute Gasteiger partial charge is 0.325 e. The van der Waals surface area contributed by atoms with E-state index in [0.29, 0.717) is 40.5 Å². The van der Waals surface area contributed by atoms with E-state index in [-0.39, 0.29) is 6.03 Å². The Morgan fingerprint density at radius 2 is 1.69 bits per heavy atom. The summed E-state index contributed by atoms with van der Waals surface area (Å²) in [7, 11) is 5.40. The second-order valence-electron chi connectivity index (χ2n) is 10.7. The molecule has 2 amide bonds. The van der Waals surface area contributed by atoms with Crippen molar-refractivity contribution in [3.8, 4) is 17.2 Å². The SMILES string of the molecule is COc1ccc(NC(=O)Nc2nc3ccc(Nc4ncnc5cc(OCCCN6CCN(C)CC6)c(OC)cc45)cc3s2)cc1. The maximum absolute atomic E-state index is 12.5. The molecule has 0 saturated carbocycles. The Bertz CT molecular complexity index is 1770. The first-order valence-electron chi connectivity index (χ1n) is 14.7. The molecule has 0 radical (unpaired) electrons. The molecule has 1 aliphatic rings. The predicted octanol–water partition coefficient (Wildman–Crippen LogP) is 5.66. The Balaban J connectivity index is 1.11. The van der Waals surface area contributed by atoms with E-state index in [2.05, 4.69) is 47.7 Å². The molecule has 13 heteroatoms. The number of thiazole rings is 1. The molecule has 0 unspecified atom stereocenters. The molecule has 1 fully saturated rings. The van der Waals surface area contributed by atoms with Gasteiger partial charge in [-0.25, -0.2) is 19.7 Å². The van der Waals surface area contributed by atoms with Crippen molar-refractivity contribution in [3.05, 3.63) is 60.9 Å². The normalized spacial score (nSPS) is 13.9. The zero-order valence-electron chi connectivity index (χ0n) is 25.5. The van der Waals surface area contributed by atoms with E-state index in [1.54, 1.807) is 38.5 Å². The van der Waals surface area contributed by atoms with E-state index in [9.17, 15) is 4.79 Å². The largest absolute Gasteiger partial charge is 0.497 e. The van der Waals surface area contributed by atoms with Gasteiger partial charge in [-0.2, -0.15) is 0 Å². The number of rotatable bonds is 11. The number of nitrogens with one attached hydrogen (secondary N) is 3. The maximum Gasteiger partial charge on any atom is 0.325 e. The average molecular weight is 629 g/mol. The summed E-state index contributed by atoms with van der Waals surface area (Å²) in [6.07, 6.45) is 2.47. The fraction of sp³-hybridized carbons (Fsp3) is 0.312. The van der Waals surface area contributed by atoms with Gasteiger partial charge >= 0.3 is 6.03 Å². The maximum atomic E-state index is 12.5. The Morgan fingerprint density at radius 1 is 0.889 bits per heavy atom. The summed E-state index contributed by atoms with van der Waals surface area (Å²) in [5.74, 6) is 2.64. The molecule has 45 heavy (non-hydrogen) atoms. The molecular weight excluding hydrogens is 592 g/mol. The highest BCUT2D eigenvalue weighted by Gasteiger charge is 2.15. The van der Waals surface area contributed by atoms with Crippen LogP contribution in [0.4, 0.5) is 27.1 Å². The van der Waals surface area contributed by atoms with Crippen LogP contribution in [0.15, 0.2) is 60.9 Å². The van der Waals surface area contributed by atoms with Gasteiger partial charge in [-0.1, -0.05) is 11.3 Å². The van der Waals surface area contributed by atoms with Gasteiger partial charge in [-0.3, -0.25) is 5.32 Å². The number of aromatic nitrogens is 3. The number of urea groups is 1. The summed E-state index contributed by atoms with van der Waals surface area (Å²) in [5, 5.41) is 10.3. The number of amides is 2. The minimum absolute atomic E-state index is 0.377. The summed E-state index contributed by atoms with van der Waals surface area (Å²) in [6, 6.07) is 16.3. The van der Waals surface area contributed by atoms with E-state index in [1.165, 1.54) is 17.7 Å². The minimum atomic E-state index is -0.377. The molecule has 1 saturated heterocycles. The molecule has 6 rings (SSSR count). The number of hydrogen-bond acceptors (Lipinski definition) is 11. The number of methoxy groups -OCH3 is 2. The monoisotopic (exact) mass is 628 g/mol. The van der Waals surface area contributed by atoms with Crippen LogP contribution in [-0.4, -0.2) is 91.4 Å². The fourth-order valence-electron chi connectivity index (χ4n) is 5.10. The molecule has 12 nitrogen and oxygen atoms in total. The molecule has 1 aliphatic heterocycles. The van der Waals surface area contributed by atoms with Crippen molar-refractivity contribution < 1.29 is 19.0 Å². The highest BCUT2D eigenvalue weighted by atomic mass is 32.1. The van der Waals surface area contributed by atoms with E-state index in [0.717, 1.165) is 66.0 Å². The summed E-state index contributed by atoms with van der Waals surface area (Å²) < 4.78 is 17.9. The van der Waals surface area contributed by atoms with Crippen LogP contribution in [0.2, 0.25) is 0 Å². The topological polar surface area (TPSA) is 126 Å². The molecule has 234 valence electrons. The summed E-state index contributed by atoms with van der Waals surface area (Å²) in [5.41, 5.74) is 2.99. The van der Waals surface area contributed by atoms with E-state index in [1.807, 2.05) is 30.3 Å². The zero-order chi connectivity index (χ0) is 31.2. The molecular formula is C32H36N8O4S. The van der Waals surface area contributed by atoms with Crippen LogP contribution in [0.3, 0.4) is 0 Å². The van der Waals surface area contributed by atoms with Crippen molar-refractivity contribution >= 4 is 60.8 Å². The van der Waals surface area contributed by atoms with Gasteiger partial charge in [-0.05, 0) is 62.0 Å². The number of ether oxygens (including phenoxy) is 3. The lowest BCUT2D eigenvalue weighted by atomic mass is 10.2. The number of carbonyl (C=O) groups excluding carboxylic acids is 1. The van der Waals surface area contributed by atoms with Gasteiger partial charge in [0, 0.05) is 55.6 Å². The molecule has 3 heterocycles. The Labute approximate surface area is 265 Å². The third-order valence-electron chi connectivity index (χ3n) is 7.61. The van der Waals surface area contributed by atoms with Crippen LogP contribution in [-0.2, 0) is 0 Å². The highest BCUT2D eigenvalue weighted by molar-refractivity contribution is 7.22. The molecule has 0 spiro atoms. The number of likely N-dealkylation sites (N-methyl/N-ethyl adjacent to an activating group) is 1. The summed E-state index contributed by atoms with van der Waals surface area (Å²) in [6.45, 7) is 6.02. The lowest BCUT2D eigenvalue weighted by molar-refractivity contribution is 0.145. The molecule has 0 aliphatic carbocycles. The number of carbonyl (C=O) groups is 1. The highest BCUT2D eigenvalue weighted by Crippen LogP contribution is 2.36. The molecule has 0 atom stereocenters. The Hall–Kier alpha value is -4.72. The molecule has 0 bridgehead atoms. The van der Waals surface area contributed by atoms with Crippen LogP contribution in [0.1, 0.15) is 6.42 Å². The first kappa shape index (κ1) is 30.3. The second kappa shape index (κ2) is 13.9. The van der Waals surface area contributed by atoms with Gasteiger partial charge in [-0.15, -0.1) is 0 Å². The predicted molar refractivity (Wildman–Crippen MR) is 179 cm³/mol. The molecule has 3 aromatic carbocycles. The third-order valence-corrected chi connectivity index (χ3v) is 8.55. The first-order chi connectivity index (χ1) is 22.0. The van der Waals surface area contributed by atoms with Gasteiger partial charge in [0.2, 0.25) is 0 Å². The van der Waals surface area contributed by atoms with Crippen LogP contribution in [0.5, 0.6) is 17.2 Å². The molecule has 5 aromatic rings. The number of nitrogens with zero attached hydrogens (tertiary/aromatic N) is 5. The van der Waals surface area contributed by atoms with Crippen molar-refractivity contribution in [3.63, 3.8) is 0 Å². The summed E-state index contributed by atoms with van der Waals surface area (Å²) >= 11 is 1.38. The zero-order valence-corrected chi connectivity index (χ0v) is 26.3. The second-order valence-corrected chi connectivity index (χ2v) is 11.8. The standard InChI is InChI=1S/C32H36N8O4S/c1-39-12-14-40(15-13-39)11-4-16-44-28-19-26-24(18-27(28)43-3)30(34-20-33-26)35-22-7-10-25-29(17-22)45-32(37-25)38-31(41)36-21-5-8-23(42-2)9-6-21/h5-10,17-20H,4,11-16H2,1-3H3,(H,33,34,35)(H2,36,37,38,41). The van der Waals surface area contributed by atoms with E-state index < -0.39 is 0 Å². The van der Waals surface area contributed by atoms with Gasteiger partial charge in [0.1, 0.15) is 17.9 Å². The Morgan fingerprint density at radius 3 is 2.47 bits per heavy atom. The molecule has 2 aromatic heterocycles. The van der Waals surface area contributed by atoms with Gasteiger partial charge in [0.05, 0.1) is 36.6 Å². The van der Waals surface area contributed by atoms with Crippen molar-refractivity contribution in [1.82, 2.24) is 24.8 Å². The van der Waals surface area contributed by atoms with Crippen molar-refractivity contribution in [2.24, 2.45) is 0 Å². The van der Waals surface area contributed by atoms with Gasteiger partial charge in [0.25, 0.3) is 0 Å².